The van der Waals surface area contributed by atoms with E-state index in [1.165, 1.54) is 6.92 Å². The monoisotopic (exact) mass is 374 g/mol. The highest BCUT2D eigenvalue weighted by molar-refractivity contribution is 6.30. The molecule has 0 bridgehead atoms. The fraction of sp³-hybridized carbons (Fsp3) is 0.263. The molecule has 0 amide bonds. The van der Waals surface area contributed by atoms with Crippen LogP contribution in [0.3, 0.4) is 0 Å². The molecule has 2 aromatic carbocycles. The maximum Gasteiger partial charge on any atom is 0.334 e. The molecule has 0 aliphatic rings. The zero-order valence-corrected chi connectivity index (χ0v) is 15.3. The molecular weight excluding hydrogens is 356 g/mol. The lowest BCUT2D eigenvalue weighted by atomic mass is 10.0. The number of hydrogen-bond donors (Lipinski definition) is 0. The van der Waals surface area contributed by atoms with Gasteiger partial charge in [-0.05, 0) is 55.5 Å². The molecule has 0 N–H and O–H groups in total. The number of benzene rings is 2. The molecule has 0 aromatic heterocycles. The van der Waals surface area contributed by atoms with Gasteiger partial charge in [-0.25, -0.2) is 4.79 Å². The minimum Gasteiger partial charge on any atom is -0.462 e. The van der Waals surface area contributed by atoms with Gasteiger partial charge in [-0.3, -0.25) is 4.79 Å². The van der Waals surface area contributed by atoms with Crippen molar-refractivity contribution >= 4 is 29.0 Å². The van der Waals surface area contributed by atoms with Crippen LogP contribution >= 0.6 is 11.6 Å². The summed E-state index contributed by atoms with van der Waals surface area (Å²) in [5.41, 5.74) is 2.01. The van der Waals surface area contributed by atoms with Crippen molar-refractivity contribution < 1.29 is 14.3 Å². The molecule has 0 aliphatic heterocycles. The highest BCUT2D eigenvalue weighted by atomic mass is 35.5. The number of carbonyl (C=O) groups excluding carboxylic acids is 2. The molecule has 7 heteroatoms. The summed E-state index contributed by atoms with van der Waals surface area (Å²) in [4.78, 5) is 36.0. The Balaban J connectivity index is 1.93. The first-order valence-corrected chi connectivity index (χ1v) is 8.40. The molecule has 1 atom stereocenters. The third-order valence-corrected chi connectivity index (χ3v) is 4.10. The second-order valence-electron chi connectivity index (χ2n) is 5.75. The Morgan fingerprint density at radius 2 is 1.62 bits per heavy atom. The number of nitroso groups, excluding NO2 is 1. The van der Waals surface area contributed by atoms with Gasteiger partial charge in [-0.2, -0.15) is 0 Å². The molecule has 0 fully saturated rings. The number of likely N-dealkylation sites (N-methyl/N-ethyl adjacent to an activating group) is 1. The summed E-state index contributed by atoms with van der Waals surface area (Å²) in [7, 11) is 1.84. The summed E-state index contributed by atoms with van der Waals surface area (Å²) in [5, 5.41) is 3.20. The average Bonchev–Trinajstić information content (AvgIpc) is 2.67. The fourth-order valence-corrected chi connectivity index (χ4v) is 2.34. The van der Waals surface area contributed by atoms with Crippen molar-refractivity contribution in [2.75, 3.05) is 25.1 Å². The highest BCUT2D eigenvalue weighted by Gasteiger charge is 2.14. The first-order chi connectivity index (χ1) is 12.4. The molecule has 0 radical (unpaired) electrons. The van der Waals surface area contributed by atoms with Gasteiger partial charge in [-0.15, -0.1) is 4.91 Å². The fourth-order valence-electron chi connectivity index (χ4n) is 2.21. The zero-order valence-electron chi connectivity index (χ0n) is 14.5. The van der Waals surface area contributed by atoms with Crippen LogP contribution in [0.2, 0.25) is 5.02 Å². The van der Waals surface area contributed by atoms with Gasteiger partial charge in [0.25, 0.3) is 0 Å². The van der Waals surface area contributed by atoms with E-state index in [-0.39, 0.29) is 12.4 Å². The van der Waals surface area contributed by atoms with Gasteiger partial charge < -0.3 is 9.64 Å². The first kappa shape index (κ1) is 19.6. The van der Waals surface area contributed by atoms with Gasteiger partial charge in [0.2, 0.25) is 0 Å². The Hall–Kier alpha value is -2.73. The maximum absolute atomic E-state index is 12.4. The summed E-state index contributed by atoms with van der Waals surface area (Å²) in [6.07, 6.45) is 0. The molecule has 26 heavy (non-hydrogen) atoms. The van der Waals surface area contributed by atoms with Gasteiger partial charge in [0.15, 0.2) is 11.8 Å². The quantitative estimate of drug-likeness (QED) is 0.400. The van der Waals surface area contributed by atoms with Crippen LogP contribution in [0.4, 0.5) is 5.69 Å². The molecule has 6 nitrogen and oxygen atoms in total. The minimum atomic E-state index is -1.00. The van der Waals surface area contributed by atoms with Crippen molar-refractivity contribution in [1.29, 1.82) is 0 Å². The summed E-state index contributed by atoms with van der Waals surface area (Å²) in [5.74, 6) is -0.725. The molecule has 0 saturated heterocycles. The second-order valence-corrected chi connectivity index (χ2v) is 6.19. The summed E-state index contributed by atoms with van der Waals surface area (Å²) < 4.78 is 4.98. The molecule has 0 heterocycles. The van der Waals surface area contributed by atoms with Crippen molar-refractivity contribution in [2.45, 2.75) is 13.0 Å². The number of ether oxygens (including phenoxy) is 1. The molecule has 0 saturated carbocycles. The Morgan fingerprint density at radius 3 is 2.15 bits per heavy atom. The van der Waals surface area contributed by atoms with Crippen LogP contribution in [-0.4, -0.2) is 38.0 Å². The topological polar surface area (TPSA) is 76.0 Å². The third-order valence-electron chi connectivity index (χ3n) is 3.85. The predicted molar refractivity (Wildman–Crippen MR) is 101 cm³/mol. The Labute approximate surface area is 156 Å². The van der Waals surface area contributed by atoms with Gasteiger partial charge in [-0.1, -0.05) is 16.8 Å². The van der Waals surface area contributed by atoms with Crippen LogP contribution < -0.4 is 4.90 Å². The van der Waals surface area contributed by atoms with E-state index in [0.29, 0.717) is 22.7 Å². The molecule has 0 aliphatic carbocycles. The lowest BCUT2D eigenvalue weighted by Crippen LogP contribution is -2.26. The number of nitrogens with zero attached hydrogens (tertiary/aromatic N) is 2. The van der Waals surface area contributed by atoms with Crippen molar-refractivity contribution in [2.24, 2.45) is 5.18 Å². The maximum atomic E-state index is 12.4. The first-order valence-electron chi connectivity index (χ1n) is 8.03. The molecule has 2 rings (SSSR count). The van der Waals surface area contributed by atoms with E-state index in [1.54, 1.807) is 36.4 Å². The van der Waals surface area contributed by atoms with Crippen molar-refractivity contribution in [3.8, 4) is 0 Å². The normalized spacial score (nSPS) is 11.5. The lowest BCUT2D eigenvalue weighted by molar-refractivity contribution is -0.144. The highest BCUT2D eigenvalue weighted by Crippen LogP contribution is 2.18. The number of esters is 1. The Kier molecular flexibility index (Phi) is 6.86. The number of hydrogen-bond acceptors (Lipinski definition) is 6. The van der Waals surface area contributed by atoms with E-state index >= 15 is 0 Å². The van der Waals surface area contributed by atoms with E-state index in [1.807, 2.05) is 24.1 Å². The SMILES string of the molecule is CC(N=O)C(=O)OCCN(C)c1ccc(C(=O)c2ccc(Cl)cc2)cc1. The number of carbonyl (C=O) groups is 2. The van der Waals surface area contributed by atoms with E-state index in [0.717, 1.165) is 5.69 Å². The lowest BCUT2D eigenvalue weighted by Gasteiger charge is -2.19. The van der Waals surface area contributed by atoms with Crippen molar-refractivity contribution in [3.05, 3.63) is 69.6 Å². The van der Waals surface area contributed by atoms with Gasteiger partial charge in [0.1, 0.15) is 6.61 Å². The van der Waals surface area contributed by atoms with Crippen LogP contribution in [0, 0.1) is 4.91 Å². The number of halogens is 1. The van der Waals surface area contributed by atoms with E-state index in [4.69, 9.17) is 16.3 Å². The largest absolute Gasteiger partial charge is 0.462 e. The van der Waals surface area contributed by atoms with Gasteiger partial charge in [0.05, 0.1) is 6.54 Å². The van der Waals surface area contributed by atoms with Crippen LogP contribution in [0.15, 0.2) is 53.7 Å². The van der Waals surface area contributed by atoms with E-state index < -0.39 is 12.0 Å². The molecule has 2 aromatic rings. The molecular formula is C19H19ClN2O4. The van der Waals surface area contributed by atoms with E-state index in [9.17, 15) is 14.5 Å². The Morgan fingerprint density at radius 1 is 1.08 bits per heavy atom. The number of ketones is 1. The second kappa shape index (κ2) is 9.10. The standard InChI is InChI=1S/C19H19ClN2O4/c1-13(21-25)19(24)26-12-11-22(2)17-9-5-15(6-10-17)18(23)14-3-7-16(20)8-4-14/h3-10,13H,11-12H2,1-2H3. The van der Waals surface area contributed by atoms with E-state index in [2.05, 4.69) is 5.18 Å². The summed E-state index contributed by atoms with van der Waals surface area (Å²) in [6.45, 7) is 1.97. The minimum absolute atomic E-state index is 0.0832. The van der Waals surface area contributed by atoms with Crippen LogP contribution in [0.25, 0.3) is 0 Å². The molecule has 0 spiro atoms. The average molecular weight is 375 g/mol. The van der Waals surface area contributed by atoms with Crippen LogP contribution in [0.1, 0.15) is 22.8 Å². The molecule has 136 valence electrons. The molecule has 1 unspecified atom stereocenters. The van der Waals surface area contributed by atoms with Crippen molar-refractivity contribution in [3.63, 3.8) is 0 Å². The smallest absolute Gasteiger partial charge is 0.334 e. The Bertz CT molecular complexity index is 775. The number of anilines is 1. The number of rotatable bonds is 8. The predicted octanol–water partition coefficient (Wildman–Crippen LogP) is 3.71. The summed E-state index contributed by atoms with van der Waals surface area (Å²) in [6, 6.07) is 12.9. The van der Waals surface area contributed by atoms with Crippen molar-refractivity contribution in [1.82, 2.24) is 0 Å². The summed E-state index contributed by atoms with van der Waals surface area (Å²) >= 11 is 5.84. The van der Waals surface area contributed by atoms with Gasteiger partial charge >= 0.3 is 5.97 Å². The van der Waals surface area contributed by atoms with Crippen LogP contribution in [0.5, 0.6) is 0 Å². The van der Waals surface area contributed by atoms with Crippen LogP contribution in [-0.2, 0) is 9.53 Å². The van der Waals surface area contributed by atoms with Gasteiger partial charge in [0, 0.05) is 28.9 Å². The third kappa shape index (κ3) is 5.13. The zero-order chi connectivity index (χ0) is 19.1.